The summed E-state index contributed by atoms with van der Waals surface area (Å²) < 4.78 is 10.1. The van der Waals surface area contributed by atoms with Crippen molar-refractivity contribution < 1.29 is 24.2 Å². The van der Waals surface area contributed by atoms with E-state index >= 15 is 0 Å². The molecule has 0 aliphatic carbocycles. The van der Waals surface area contributed by atoms with E-state index in [1.54, 1.807) is 33.8 Å². The molecule has 172 valence electrons. The summed E-state index contributed by atoms with van der Waals surface area (Å²) in [5.41, 5.74) is 1.34. The van der Waals surface area contributed by atoms with Gasteiger partial charge in [0.1, 0.15) is 5.60 Å². The Morgan fingerprint density at radius 1 is 1.16 bits per heavy atom. The molecule has 6 heteroatoms. The van der Waals surface area contributed by atoms with Crippen molar-refractivity contribution in [3.63, 3.8) is 0 Å². The van der Waals surface area contributed by atoms with Gasteiger partial charge in [-0.3, -0.25) is 4.79 Å². The predicted octanol–water partition coefficient (Wildman–Crippen LogP) is 4.43. The van der Waals surface area contributed by atoms with Gasteiger partial charge in [-0.1, -0.05) is 61.1 Å². The molecular formula is C25H37NO5. The maximum atomic E-state index is 12.2. The van der Waals surface area contributed by atoms with Crippen LogP contribution in [-0.2, 0) is 20.7 Å². The fourth-order valence-corrected chi connectivity index (χ4v) is 2.99. The van der Waals surface area contributed by atoms with Crippen molar-refractivity contribution in [1.82, 2.24) is 5.32 Å². The van der Waals surface area contributed by atoms with Crippen LogP contribution in [0.15, 0.2) is 54.1 Å². The van der Waals surface area contributed by atoms with Crippen LogP contribution in [0.3, 0.4) is 0 Å². The highest BCUT2D eigenvalue weighted by molar-refractivity contribution is 5.75. The van der Waals surface area contributed by atoms with Gasteiger partial charge in [0.05, 0.1) is 25.2 Å². The first-order chi connectivity index (χ1) is 14.4. The van der Waals surface area contributed by atoms with Gasteiger partial charge in [-0.15, -0.1) is 0 Å². The highest BCUT2D eigenvalue weighted by atomic mass is 16.6. The molecule has 1 rings (SSSR count). The lowest BCUT2D eigenvalue weighted by atomic mass is 9.95. The van der Waals surface area contributed by atoms with Crippen LogP contribution in [0.5, 0.6) is 0 Å². The van der Waals surface area contributed by atoms with Gasteiger partial charge in [0, 0.05) is 5.92 Å². The third-order valence-corrected chi connectivity index (χ3v) is 4.78. The molecule has 0 saturated carbocycles. The van der Waals surface area contributed by atoms with Crippen molar-refractivity contribution >= 4 is 12.1 Å². The Labute approximate surface area is 186 Å². The Hall–Kier alpha value is -2.60. The van der Waals surface area contributed by atoms with Crippen LogP contribution in [0, 0.1) is 11.8 Å². The first-order valence-corrected chi connectivity index (χ1v) is 10.6. The molecule has 0 aliphatic heterocycles. The number of esters is 1. The van der Waals surface area contributed by atoms with Crippen molar-refractivity contribution in [3.05, 3.63) is 59.7 Å². The van der Waals surface area contributed by atoms with Crippen molar-refractivity contribution in [2.45, 2.75) is 65.7 Å². The van der Waals surface area contributed by atoms with Gasteiger partial charge >= 0.3 is 12.1 Å². The quantitative estimate of drug-likeness (QED) is 0.446. The van der Waals surface area contributed by atoms with Crippen LogP contribution in [-0.4, -0.2) is 42.0 Å². The molecule has 1 aromatic rings. The smallest absolute Gasteiger partial charge is 0.408 e. The van der Waals surface area contributed by atoms with Crippen molar-refractivity contribution in [2.75, 3.05) is 7.11 Å². The van der Waals surface area contributed by atoms with Gasteiger partial charge in [0.2, 0.25) is 0 Å². The number of methoxy groups -OCH3 is 1. The molecule has 0 aromatic heterocycles. The summed E-state index contributed by atoms with van der Waals surface area (Å²) in [6, 6.07) is 9.25. The van der Waals surface area contributed by atoms with Crippen LogP contribution in [0.4, 0.5) is 4.79 Å². The van der Waals surface area contributed by atoms with Crippen LogP contribution in [0.25, 0.3) is 0 Å². The highest BCUT2D eigenvalue weighted by Gasteiger charge is 2.26. The molecule has 6 nitrogen and oxygen atoms in total. The van der Waals surface area contributed by atoms with E-state index in [2.05, 4.69) is 5.32 Å². The normalized spacial score (nSPS) is 16.3. The predicted molar refractivity (Wildman–Crippen MR) is 123 cm³/mol. The van der Waals surface area contributed by atoms with E-state index in [0.29, 0.717) is 6.42 Å². The first-order valence-electron chi connectivity index (χ1n) is 10.6. The number of nitrogens with one attached hydrogen (secondary N) is 1. The minimum absolute atomic E-state index is 0.0693. The second-order valence-corrected chi connectivity index (χ2v) is 8.87. The first kappa shape index (κ1) is 26.4. The summed E-state index contributed by atoms with van der Waals surface area (Å²) in [7, 11) is 1.31. The molecule has 4 atom stereocenters. The second kappa shape index (κ2) is 12.3. The Morgan fingerprint density at radius 2 is 1.77 bits per heavy atom. The zero-order valence-electron chi connectivity index (χ0n) is 19.7. The molecule has 1 unspecified atom stereocenters. The van der Waals surface area contributed by atoms with Gasteiger partial charge in [-0.25, -0.2) is 4.79 Å². The van der Waals surface area contributed by atoms with Crippen LogP contribution in [0.2, 0.25) is 0 Å². The third-order valence-electron chi connectivity index (χ3n) is 4.78. The number of aliphatic hydroxyl groups is 1. The van der Waals surface area contributed by atoms with Crippen molar-refractivity contribution in [1.29, 1.82) is 0 Å². The van der Waals surface area contributed by atoms with Gasteiger partial charge in [0.15, 0.2) is 0 Å². The molecule has 0 aliphatic rings. The topological polar surface area (TPSA) is 84.9 Å². The average Bonchev–Trinajstić information content (AvgIpc) is 2.69. The molecule has 1 aromatic carbocycles. The third kappa shape index (κ3) is 10.3. The van der Waals surface area contributed by atoms with Crippen LogP contribution >= 0.6 is 0 Å². The van der Waals surface area contributed by atoms with Gasteiger partial charge in [-0.2, -0.15) is 0 Å². The summed E-state index contributed by atoms with van der Waals surface area (Å²) in [5.74, 6) is -1.10. The minimum atomic E-state index is -0.646. The molecule has 0 fully saturated rings. The Kier molecular flexibility index (Phi) is 10.5. The number of hydrogen-bond donors (Lipinski definition) is 2. The molecule has 0 radical (unpaired) electrons. The maximum absolute atomic E-state index is 12.2. The zero-order valence-corrected chi connectivity index (χ0v) is 19.7. The number of aliphatic hydroxyl groups excluding tert-OH is 1. The Balaban J connectivity index is 2.86. The average molecular weight is 432 g/mol. The van der Waals surface area contributed by atoms with Crippen LogP contribution < -0.4 is 5.32 Å². The van der Waals surface area contributed by atoms with Gasteiger partial charge in [0.25, 0.3) is 0 Å². The monoisotopic (exact) mass is 431 g/mol. The summed E-state index contributed by atoms with van der Waals surface area (Å²) in [6.45, 7) is 10.9. The number of carbonyl (C=O) groups is 2. The number of allylic oxidation sites excluding steroid dienone is 2. The number of benzene rings is 1. The van der Waals surface area contributed by atoms with E-state index in [9.17, 15) is 14.7 Å². The Bertz CT molecular complexity index is 764. The molecule has 0 bridgehead atoms. The fraction of sp³-hybridized carbons (Fsp3) is 0.520. The standard InChI is InChI=1S/C25H37NO5/c1-17(15-18(2)22(27)16-20-11-9-8-10-12-20)13-14-21(19(3)23(28)30-7)26-24(29)31-25(4,5)6/h8-15,18-19,21-22,27H,16H2,1-7H3,(H,26,29)/b14-13+,17-15+/t18-,19-,21?,22-/m0/s1. The van der Waals surface area contributed by atoms with Crippen molar-refractivity contribution in [2.24, 2.45) is 11.8 Å². The summed E-state index contributed by atoms with van der Waals surface area (Å²) >= 11 is 0. The number of alkyl carbamates (subject to hydrolysis) is 1. The van der Waals surface area contributed by atoms with E-state index in [-0.39, 0.29) is 5.92 Å². The molecule has 0 spiro atoms. The summed E-state index contributed by atoms with van der Waals surface area (Å²) in [5, 5.41) is 13.2. The van der Waals surface area contributed by atoms with Crippen molar-refractivity contribution in [3.8, 4) is 0 Å². The van der Waals surface area contributed by atoms with Gasteiger partial charge in [-0.05, 0) is 46.6 Å². The second-order valence-electron chi connectivity index (χ2n) is 8.87. The highest BCUT2D eigenvalue weighted by Crippen LogP contribution is 2.16. The molecule has 1 amide bonds. The SMILES string of the molecule is COC(=O)[C@@H](C)C(/C=C/C(C)=C/[C@H](C)[C@@H](O)Cc1ccccc1)NC(=O)OC(C)(C)C. The zero-order chi connectivity index (χ0) is 23.6. The van der Waals surface area contributed by atoms with E-state index < -0.39 is 35.7 Å². The lowest BCUT2D eigenvalue weighted by Crippen LogP contribution is -2.43. The molecule has 0 saturated heterocycles. The number of amides is 1. The number of carbonyl (C=O) groups excluding carboxylic acids is 2. The largest absolute Gasteiger partial charge is 0.469 e. The molecular weight excluding hydrogens is 394 g/mol. The number of ether oxygens (including phenoxy) is 2. The van der Waals surface area contributed by atoms with Crippen LogP contribution in [0.1, 0.15) is 47.1 Å². The molecule has 31 heavy (non-hydrogen) atoms. The summed E-state index contributed by atoms with van der Waals surface area (Å²) in [4.78, 5) is 24.2. The van der Waals surface area contributed by atoms with E-state index in [1.165, 1.54) is 7.11 Å². The van der Waals surface area contributed by atoms with E-state index in [4.69, 9.17) is 9.47 Å². The Morgan fingerprint density at radius 3 is 2.32 bits per heavy atom. The molecule has 0 heterocycles. The number of rotatable bonds is 9. The summed E-state index contributed by atoms with van der Waals surface area (Å²) in [6.07, 6.45) is 4.98. The lowest BCUT2D eigenvalue weighted by molar-refractivity contribution is -0.145. The lowest BCUT2D eigenvalue weighted by Gasteiger charge is -2.24. The maximum Gasteiger partial charge on any atom is 0.408 e. The van der Waals surface area contributed by atoms with E-state index in [1.807, 2.05) is 56.3 Å². The fourth-order valence-electron chi connectivity index (χ4n) is 2.99. The molecule has 2 N–H and O–H groups in total. The van der Waals surface area contributed by atoms with Gasteiger partial charge < -0.3 is 19.9 Å². The number of hydrogen-bond acceptors (Lipinski definition) is 5. The minimum Gasteiger partial charge on any atom is -0.469 e. The van der Waals surface area contributed by atoms with E-state index in [0.717, 1.165) is 11.1 Å².